The quantitative estimate of drug-likeness (QED) is 0.837. The van der Waals surface area contributed by atoms with Crippen molar-refractivity contribution in [3.8, 4) is 0 Å². The first kappa shape index (κ1) is 14.8. The van der Waals surface area contributed by atoms with E-state index in [4.69, 9.17) is 0 Å². The van der Waals surface area contributed by atoms with Crippen molar-refractivity contribution in [1.29, 1.82) is 0 Å². The van der Waals surface area contributed by atoms with Gasteiger partial charge in [-0.3, -0.25) is 14.2 Å². The standard InChI is InChI=1S/C15H23N3O2/c1-3-4-13-9-14(19)18(11-16-13)10-15(20)17-7-5-12(2)6-8-17/h9,11-12H,3-8,10H2,1-2H3. The first-order chi connectivity index (χ1) is 9.60. The number of carbonyl (C=O) groups excluding carboxylic acids is 1. The molecule has 1 saturated heterocycles. The van der Waals surface area contributed by atoms with Crippen molar-refractivity contribution < 1.29 is 4.79 Å². The largest absolute Gasteiger partial charge is 0.341 e. The highest BCUT2D eigenvalue weighted by atomic mass is 16.2. The van der Waals surface area contributed by atoms with Crippen molar-refractivity contribution >= 4 is 5.91 Å². The Balaban J connectivity index is 1.99. The summed E-state index contributed by atoms with van der Waals surface area (Å²) in [4.78, 5) is 30.2. The second kappa shape index (κ2) is 6.68. The van der Waals surface area contributed by atoms with Crippen molar-refractivity contribution in [2.75, 3.05) is 13.1 Å². The Bertz CT molecular complexity index is 516. The second-order valence-electron chi connectivity index (χ2n) is 5.66. The second-order valence-corrected chi connectivity index (χ2v) is 5.66. The molecule has 20 heavy (non-hydrogen) atoms. The van der Waals surface area contributed by atoms with Crippen LogP contribution in [-0.4, -0.2) is 33.4 Å². The highest BCUT2D eigenvalue weighted by Gasteiger charge is 2.20. The van der Waals surface area contributed by atoms with Gasteiger partial charge in [0, 0.05) is 24.8 Å². The van der Waals surface area contributed by atoms with E-state index >= 15 is 0 Å². The smallest absolute Gasteiger partial charge is 0.253 e. The molecule has 0 bridgehead atoms. The fraction of sp³-hybridized carbons (Fsp3) is 0.667. The minimum absolute atomic E-state index is 0.0176. The van der Waals surface area contributed by atoms with Crippen LogP contribution >= 0.6 is 0 Å². The van der Waals surface area contributed by atoms with Gasteiger partial charge in [-0.1, -0.05) is 20.3 Å². The van der Waals surface area contributed by atoms with Gasteiger partial charge in [0.25, 0.3) is 5.56 Å². The van der Waals surface area contributed by atoms with Gasteiger partial charge in [0.05, 0.1) is 6.33 Å². The summed E-state index contributed by atoms with van der Waals surface area (Å²) in [5.41, 5.74) is 0.662. The van der Waals surface area contributed by atoms with Crippen LogP contribution in [0.4, 0.5) is 0 Å². The molecule has 0 spiro atoms. The maximum absolute atomic E-state index is 12.2. The Morgan fingerprint density at radius 1 is 1.40 bits per heavy atom. The monoisotopic (exact) mass is 277 g/mol. The number of piperidine rings is 1. The third kappa shape index (κ3) is 3.68. The molecule has 1 aliphatic rings. The van der Waals surface area contributed by atoms with Crippen LogP contribution in [0.3, 0.4) is 0 Å². The first-order valence-electron chi connectivity index (χ1n) is 7.43. The lowest BCUT2D eigenvalue weighted by atomic mass is 9.99. The van der Waals surface area contributed by atoms with Crippen LogP contribution in [0.25, 0.3) is 0 Å². The van der Waals surface area contributed by atoms with Crippen molar-refractivity contribution in [3.05, 3.63) is 28.4 Å². The predicted molar refractivity (Wildman–Crippen MR) is 77.5 cm³/mol. The number of hydrogen-bond donors (Lipinski definition) is 0. The van der Waals surface area contributed by atoms with E-state index in [1.54, 1.807) is 0 Å². The third-order valence-electron chi connectivity index (χ3n) is 3.88. The molecular weight excluding hydrogens is 254 g/mol. The molecule has 0 radical (unpaired) electrons. The van der Waals surface area contributed by atoms with Crippen molar-refractivity contribution in [2.45, 2.75) is 46.1 Å². The summed E-state index contributed by atoms with van der Waals surface area (Å²) in [6, 6.07) is 1.54. The SMILES string of the molecule is CCCc1cc(=O)n(CC(=O)N2CCC(C)CC2)cn1. The topological polar surface area (TPSA) is 55.2 Å². The van der Waals surface area contributed by atoms with Crippen LogP contribution in [0.15, 0.2) is 17.2 Å². The minimum Gasteiger partial charge on any atom is -0.341 e. The van der Waals surface area contributed by atoms with Gasteiger partial charge < -0.3 is 4.90 Å². The maximum Gasteiger partial charge on any atom is 0.253 e. The van der Waals surface area contributed by atoms with E-state index in [0.29, 0.717) is 5.92 Å². The molecule has 110 valence electrons. The minimum atomic E-state index is -0.137. The van der Waals surface area contributed by atoms with Gasteiger partial charge >= 0.3 is 0 Å². The summed E-state index contributed by atoms with van der Waals surface area (Å²) in [5, 5.41) is 0. The zero-order valence-electron chi connectivity index (χ0n) is 12.3. The summed E-state index contributed by atoms with van der Waals surface area (Å²) < 4.78 is 1.40. The Hall–Kier alpha value is -1.65. The van der Waals surface area contributed by atoms with E-state index in [1.165, 1.54) is 17.0 Å². The Morgan fingerprint density at radius 2 is 2.10 bits per heavy atom. The van der Waals surface area contributed by atoms with Crippen molar-refractivity contribution in [3.63, 3.8) is 0 Å². The molecule has 5 nitrogen and oxygen atoms in total. The molecule has 0 aliphatic carbocycles. The summed E-state index contributed by atoms with van der Waals surface area (Å²) in [5.74, 6) is 0.709. The van der Waals surface area contributed by atoms with Crippen LogP contribution in [0.2, 0.25) is 0 Å². The summed E-state index contributed by atoms with van der Waals surface area (Å²) >= 11 is 0. The molecule has 5 heteroatoms. The fourth-order valence-electron chi connectivity index (χ4n) is 2.48. The average Bonchev–Trinajstić information content (AvgIpc) is 2.43. The lowest BCUT2D eigenvalue weighted by Gasteiger charge is -2.30. The first-order valence-corrected chi connectivity index (χ1v) is 7.43. The molecular formula is C15H23N3O2. The highest BCUT2D eigenvalue weighted by Crippen LogP contribution is 2.16. The normalized spacial score (nSPS) is 16.4. The van der Waals surface area contributed by atoms with Gasteiger partial charge in [-0.05, 0) is 25.2 Å². The van der Waals surface area contributed by atoms with E-state index in [0.717, 1.165) is 44.5 Å². The lowest BCUT2D eigenvalue weighted by molar-refractivity contribution is -0.133. The predicted octanol–water partition coefficient (Wildman–Crippen LogP) is 1.45. The Kier molecular flexibility index (Phi) is 4.93. The van der Waals surface area contributed by atoms with E-state index in [2.05, 4.69) is 11.9 Å². The molecule has 1 aliphatic heterocycles. The van der Waals surface area contributed by atoms with Gasteiger partial charge in [-0.15, -0.1) is 0 Å². The molecule has 0 unspecified atom stereocenters. The van der Waals surface area contributed by atoms with E-state index < -0.39 is 0 Å². The number of nitrogens with zero attached hydrogens (tertiary/aromatic N) is 3. The molecule has 1 amide bonds. The summed E-state index contributed by atoms with van der Waals surface area (Å²) in [6.45, 7) is 5.97. The van der Waals surface area contributed by atoms with E-state index in [1.807, 2.05) is 11.8 Å². The highest BCUT2D eigenvalue weighted by molar-refractivity contribution is 5.76. The Morgan fingerprint density at radius 3 is 2.70 bits per heavy atom. The molecule has 0 saturated carbocycles. The van der Waals surface area contributed by atoms with Gasteiger partial charge in [0.1, 0.15) is 6.54 Å². The molecule has 1 aromatic rings. The lowest BCUT2D eigenvalue weighted by Crippen LogP contribution is -2.41. The van der Waals surface area contributed by atoms with Gasteiger partial charge in [0.15, 0.2) is 0 Å². The Labute approximate surface area is 119 Å². The number of likely N-dealkylation sites (tertiary alicyclic amines) is 1. The molecule has 1 fully saturated rings. The van der Waals surface area contributed by atoms with Gasteiger partial charge in [0.2, 0.25) is 5.91 Å². The molecule has 0 aromatic carbocycles. The molecule has 2 rings (SSSR count). The molecule has 0 N–H and O–H groups in total. The van der Waals surface area contributed by atoms with E-state index in [9.17, 15) is 9.59 Å². The van der Waals surface area contributed by atoms with Crippen LogP contribution in [0, 0.1) is 5.92 Å². The van der Waals surface area contributed by atoms with E-state index in [-0.39, 0.29) is 18.0 Å². The number of rotatable bonds is 4. The number of aromatic nitrogens is 2. The molecule has 2 heterocycles. The summed E-state index contributed by atoms with van der Waals surface area (Å²) in [6.07, 6.45) is 5.36. The molecule has 0 atom stereocenters. The van der Waals surface area contributed by atoms with Crippen LogP contribution in [-0.2, 0) is 17.8 Å². The fourth-order valence-corrected chi connectivity index (χ4v) is 2.48. The van der Waals surface area contributed by atoms with Crippen molar-refractivity contribution in [2.24, 2.45) is 5.92 Å². The number of carbonyl (C=O) groups is 1. The zero-order valence-corrected chi connectivity index (χ0v) is 12.3. The summed E-state index contributed by atoms with van der Waals surface area (Å²) in [7, 11) is 0. The number of aryl methyl sites for hydroxylation is 1. The maximum atomic E-state index is 12.2. The van der Waals surface area contributed by atoms with Crippen LogP contribution in [0.1, 0.15) is 38.8 Å². The van der Waals surface area contributed by atoms with Crippen molar-refractivity contribution in [1.82, 2.24) is 14.5 Å². The number of hydrogen-bond acceptors (Lipinski definition) is 3. The molecule has 1 aromatic heterocycles. The van der Waals surface area contributed by atoms with Gasteiger partial charge in [-0.25, -0.2) is 4.98 Å². The van der Waals surface area contributed by atoms with Gasteiger partial charge in [-0.2, -0.15) is 0 Å². The third-order valence-corrected chi connectivity index (χ3v) is 3.88. The zero-order chi connectivity index (χ0) is 14.5. The number of amides is 1. The van der Waals surface area contributed by atoms with Crippen LogP contribution in [0.5, 0.6) is 0 Å². The average molecular weight is 277 g/mol. The van der Waals surface area contributed by atoms with Crippen LogP contribution < -0.4 is 5.56 Å².